The maximum absolute atomic E-state index is 4.00. The smallest absolute Gasteiger partial charge is 0.0948 e. The van der Waals surface area contributed by atoms with Crippen molar-refractivity contribution in [2.24, 2.45) is 0 Å². The van der Waals surface area contributed by atoms with E-state index in [1.165, 1.54) is 6.42 Å². The van der Waals surface area contributed by atoms with Crippen molar-refractivity contribution in [3.63, 3.8) is 0 Å². The van der Waals surface area contributed by atoms with E-state index in [0.717, 1.165) is 18.7 Å². The van der Waals surface area contributed by atoms with Gasteiger partial charge < -0.3 is 4.57 Å². The predicted molar refractivity (Wildman–Crippen MR) is 33.8 cm³/mol. The number of aromatic nitrogens is 2. The van der Waals surface area contributed by atoms with Crippen molar-refractivity contribution in [1.82, 2.24) is 9.55 Å². The highest BCUT2D eigenvalue weighted by Crippen LogP contribution is 2.14. The molecular formula is C7H8N2. The van der Waals surface area contributed by atoms with Gasteiger partial charge in [-0.3, -0.25) is 0 Å². The Hall–Kier alpha value is -0.790. The van der Waals surface area contributed by atoms with Crippen LogP contribution in [0.15, 0.2) is 12.5 Å². The van der Waals surface area contributed by atoms with Crippen molar-refractivity contribution in [2.75, 3.05) is 0 Å². The predicted octanol–water partition coefficient (Wildman–Crippen LogP) is 1.11. The Labute approximate surface area is 54.5 Å². The minimum Gasteiger partial charge on any atom is -0.334 e. The lowest BCUT2D eigenvalue weighted by atomic mass is 10.1. The molecule has 2 heteroatoms. The van der Waals surface area contributed by atoms with E-state index in [4.69, 9.17) is 0 Å². The summed E-state index contributed by atoms with van der Waals surface area (Å²) in [6.45, 7) is 1.11. The first-order chi connectivity index (χ1) is 4.47. The van der Waals surface area contributed by atoms with E-state index in [9.17, 15) is 0 Å². The zero-order valence-electron chi connectivity index (χ0n) is 5.17. The molecule has 1 aliphatic rings. The number of rotatable bonds is 0. The fourth-order valence-corrected chi connectivity index (χ4v) is 1.11. The van der Waals surface area contributed by atoms with Gasteiger partial charge >= 0.3 is 0 Å². The van der Waals surface area contributed by atoms with E-state index >= 15 is 0 Å². The largest absolute Gasteiger partial charge is 0.334 e. The van der Waals surface area contributed by atoms with Crippen LogP contribution < -0.4 is 0 Å². The lowest BCUT2D eigenvalue weighted by Crippen LogP contribution is -2.06. The summed E-state index contributed by atoms with van der Waals surface area (Å²) in [4.78, 5) is 4.00. The van der Waals surface area contributed by atoms with Crippen LogP contribution in [0.2, 0.25) is 0 Å². The molecular weight excluding hydrogens is 112 g/mol. The van der Waals surface area contributed by atoms with Gasteiger partial charge in [0.1, 0.15) is 0 Å². The molecule has 2 rings (SSSR count). The summed E-state index contributed by atoms with van der Waals surface area (Å²) in [6.07, 6.45) is 9.27. The molecule has 0 fully saturated rings. The fourth-order valence-electron chi connectivity index (χ4n) is 1.11. The van der Waals surface area contributed by atoms with Crippen LogP contribution in [0, 0.1) is 6.42 Å². The summed E-state index contributed by atoms with van der Waals surface area (Å²) in [5.74, 6) is 0. The van der Waals surface area contributed by atoms with Gasteiger partial charge in [-0.1, -0.05) is 0 Å². The monoisotopic (exact) mass is 120 g/mol. The van der Waals surface area contributed by atoms with Gasteiger partial charge in [0.15, 0.2) is 0 Å². The van der Waals surface area contributed by atoms with E-state index in [2.05, 4.69) is 16.0 Å². The van der Waals surface area contributed by atoms with Crippen molar-refractivity contribution in [1.29, 1.82) is 0 Å². The highest BCUT2D eigenvalue weighted by molar-refractivity contribution is 5.11. The normalized spacial score (nSPS) is 17.3. The van der Waals surface area contributed by atoms with Crippen LogP contribution in [0.3, 0.4) is 0 Å². The fraction of sp³-hybridized carbons (Fsp3) is 0.429. The Morgan fingerprint density at radius 1 is 1.67 bits per heavy atom. The number of nitrogens with zero attached hydrogens (tertiary/aromatic N) is 2. The number of aryl methyl sites for hydroxylation is 1. The number of imidazole rings is 1. The summed E-state index contributed by atoms with van der Waals surface area (Å²) < 4.78 is 2.13. The summed E-state index contributed by atoms with van der Waals surface area (Å²) in [5.41, 5.74) is 1.15. The standard InChI is InChI=1S/C7H8N2/c1-2-4-9-6-8-5-7(9)3-1/h5-6H,1-2,4H2. The van der Waals surface area contributed by atoms with Gasteiger partial charge in [-0.15, -0.1) is 0 Å². The second kappa shape index (κ2) is 1.87. The summed E-state index contributed by atoms with van der Waals surface area (Å²) in [7, 11) is 0. The van der Waals surface area contributed by atoms with Gasteiger partial charge in [0.2, 0.25) is 0 Å². The molecule has 0 aromatic carbocycles. The van der Waals surface area contributed by atoms with Gasteiger partial charge in [0, 0.05) is 24.9 Å². The maximum atomic E-state index is 4.00. The van der Waals surface area contributed by atoms with Crippen molar-refractivity contribution in [3.8, 4) is 0 Å². The molecule has 0 N–H and O–H groups in total. The molecule has 2 heterocycles. The summed E-state index contributed by atoms with van der Waals surface area (Å²) in [5, 5.41) is 0. The van der Waals surface area contributed by atoms with E-state index in [1.807, 2.05) is 12.5 Å². The molecule has 46 valence electrons. The van der Waals surface area contributed by atoms with Crippen LogP contribution in [0.5, 0.6) is 0 Å². The zero-order chi connectivity index (χ0) is 6.10. The Kier molecular flexibility index (Phi) is 1.04. The van der Waals surface area contributed by atoms with Gasteiger partial charge in [0.25, 0.3) is 0 Å². The van der Waals surface area contributed by atoms with Crippen molar-refractivity contribution in [3.05, 3.63) is 24.6 Å². The first kappa shape index (κ1) is 5.03. The third-order valence-corrected chi connectivity index (χ3v) is 1.59. The third kappa shape index (κ3) is 0.745. The van der Waals surface area contributed by atoms with E-state index in [-0.39, 0.29) is 0 Å². The molecule has 0 atom stereocenters. The molecule has 1 aromatic rings. The average molecular weight is 120 g/mol. The van der Waals surface area contributed by atoms with Gasteiger partial charge in [-0.25, -0.2) is 4.98 Å². The average Bonchev–Trinajstić information content (AvgIpc) is 2.33. The topological polar surface area (TPSA) is 17.8 Å². The molecule has 0 aliphatic carbocycles. The first-order valence-electron chi connectivity index (χ1n) is 3.21. The minimum absolute atomic E-state index is 1.09. The molecule has 2 radical (unpaired) electrons. The van der Waals surface area contributed by atoms with Crippen molar-refractivity contribution < 1.29 is 0 Å². The van der Waals surface area contributed by atoms with Crippen LogP contribution >= 0.6 is 0 Å². The highest BCUT2D eigenvalue weighted by Gasteiger charge is 2.06. The Bertz CT molecular complexity index is 182. The molecule has 1 aromatic heterocycles. The van der Waals surface area contributed by atoms with Gasteiger partial charge in [0.05, 0.1) is 6.33 Å². The molecule has 0 saturated carbocycles. The molecule has 1 aliphatic heterocycles. The molecule has 0 amide bonds. The van der Waals surface area contributed by atoms with Gasteiger partial charge in [-0.05, 0) is 12.8 Å². The van der Waals surface area contributed by atoms with Crippen LogP contribution in [-0.2, 0) is 6.54 Å². The molecule has 0 saturated heterocycles. The Balaban J connectivity index is 2.39. The lowest BCUT2D eigenvalue weighted by Gasteiger charge is -2.11. The van der Waals surface area contributed by atoms with Crippen molar-refractivity contribution >= 4 is 0 Å². The second-order valence-electron chi connectivity index (χ2n) is 2.25. The van der Waals surface area contributed by atoms with Crippen LogP contribution in [0.1, 0.15) is 18.5 Å². The number of hydrogen-bond acceptors (Lipinski definition) is 1. The second-order valence-corrected chi connectivity index (χ2v) is 2.25. The molecule has 9 heavy (non-hydrogen) atoms. The lowest BCUT2D eigenvalue weighted by molar-refractivity contribution is 0.588. The molecule has 2 nitrogen and oxygen atoms in total. The first-order valence-corrected chi connectivity index (χ1v) is 3.21. The SMILES string of the molecule is [C]1CCCn2cncc21. The Morgan fingerprint density at radius 2 is 2.67 bits per heavy atom. The van der Waals surface area contributed by atoms with Crippen LogP contribution in [0.25, 0.3) is 0 Å². The van der Waals surface area contributed by atoms with E-state index in [0.29, 0.717) is 0 Å². The van der Waals surface area contributed by atoms with E-state index < -0.39 is 0 Å². The summed E-state index contributed by atoms with van der Waals surface area (Å²) >= 11 is 0. The van der Waals surface area contributed by atoms with E-state index in [1.54, 1.807) is 0 Å². The third-order valence-electron chi connectivity index (χ3n) is 1.59. The Morgan fingerprint density at radius 3 is 3.56 bits per heavy atom. The summed E-state index contributed by atoms with van der Waals surface area (Å²) in [6, 6.07) is 0. The zero-order valence-corrected chi connectivity index (χ0v) is 5.17. The van der Waals surface area contributed by atoms with Gasteiger partial charge in [-0.2, -0.15) is 0 Å². The van der Waals surface area contributed by atoms with Crippen LogP contribution in [0.4, 0.5) is 0 Å². The quantitative estimate of drug-likeness (QED) is 0.501. The van der Waals surface area contributed by atoms with Crippen LogP contribution in [-0.4, -0.2) is 9.55 Å². The molecule has 0 unspecified atom stereocenters. The number of hydrogen-bond donors (Lipinski definition) is 0. The number of fused-ring (bicyclic) bond motifs is 1. The van der Waals surface area contributed by atoms with Crippen molar-refractivity contribution in [2.45, 2.75) is 19.4 Å². The molecule has 0 spiro atoms. The molecule has 0 bridgehead atoms. The highest BCUT2D eigenvalue weighted by atomic mass is 15.0. The maximum Gasteiger partial charge on any atom is 0.0948 e. The minimum atomic E-state index is 1.09.